The van der Waals surface area contributed by atoms with Crippen LogP contribution in [0.4, 0.5) is 4.39 Å². The second-order valence-electron chi connectivity index (χ2n) is 8.10. The molecule has 0 saturated carbocycles. The molecule has 0 aliphatic heterocycles. The molecular weight excluding hydrogens is 455 g/mol. The van der Waals surface area contributed by atoms with Gasteiger partial charge < -0.3 is 10.3 Å². The molecule has 0 aliphatic rings. The van der Waals surface area contributed by atoms with Crippen molar-refractivity contribution in [3.63, 3.8) is 0 Å². The number of nitrogens with zero attached hydrogens (tertiary/aromatic N) is 5. The zero-order valence-corrected chi connectivity index (χ0v) is 19.2. The number of aryl methyl sites for hydroxylation is 2. The summed E-state index contributed by atoms with van der Waals surface area (Å²) in [6.07, 6.45) is 5.02. The van der Waals surface area contributed by atoms with Crippen LogP contribution in [-0.2, 0) is 19.6 Å². The van der Waals surface area contributed by atoms with Crippen molar-refractivity contribution in [1.29, 1.82) is 0 Å². The highest BCUT2D eigenvalue weighted by atomic mass is 35.5. The molecular formula is C25H20ClFN6O. The zero-order valence-electron chi connectivity index (χ0n) is 18.4. The van der Waals surface area contributed by atoms with Crippen LogP contribution in [0, 0.1) is 5.95 Å². The van der Waals surface area contributed by atoms with Crippen molar-refractivity contribution in [3.05, 3.63) is 111 Å². The quantitative estimate of drug-likeness (QED) is 0.400. The van der Waals surface area contributed by atoms with Gasteiger partial charge >= 0.3 is 0 Å². The molecule has 1 atom stereocenters. The maximum atomic E-state index is 13.9. The molecule has 0 radical (unpaired) electrons. The molecule has 4 heterocycles. The Bertz CT molecular complexity index is 1590. The van der Waals surface area contributed by atoms with Crippen LogP contribution in [0.25, 0.3) is 22.3 Å². The molecule has 9 heteroatoms. The first kappa shape index (κ1) is 21.9. The first-order valence-electron chi connectivity index (χ1n) is 10.4. The Balaban J connectivity index is 1.84. The van der Waals surface area contributed by atoms with E-state index in [-0.39, 0.29) is 5.56 Å². The Hall–Kier alpha value is -3.88. The summed E-state index contributed by atoms with van der Waals surface area (Å²) in [7, 11) is 3.50. The van der Waals surface area contributed by atoms with Crippen molar-refractivity contribution in [1.82, 2.24) is 24.1 Å². The molecule has 170 valence electrons. The molecule has 7 nitrogen and oxygen atoms in total. The fourth-order valence-electron chi connectivity index (χ4n) is 4.22. The first-order valence-corrected chi connectivity index (χ1v) is 10.8. The molecule has 4 aromatic heterocycles. The van der Waals surface area contributed by atoms with E-state index in [2.05, 4.69) is 15.0 Å². The highest BCUT2D eigenvalue weighted by Gasteiger charge is 2.35. The van der Waals surface area contributed by atoms with Gasteiger partial charge in [0.2, 0.25) is 5.95 Å². The van der Waals surface area contributed by atoms with Gasteiger partial charge in [-0.05, 0) is 35.9 Å². The lowest BCUT2D eigenvalue weighted by molar-refractivity contribution is 0.585. The summed E-state index contributed by atoms with van der Waals surface area (Å²) in [4.78, 5) is 25.5. The van der Waals surface area contributed by atoms with E-state index in [0.717, 1.165) is 11.3 Å². The standard InChI is InChI=1S/C25H20ClFN6O/c1-32-14-29-13-21(32)25(28,15-6-8-17(26)9-7-15)16-10-19-18(20-4-3-5-22(27)31-20)11-23(34)33(2)24(19)30-12-16/h3-14H,28H2,1-2H3/t25-/m1/s1. The number of rotatable bonds is 4. The minimum Gasteiger partial charge on any atom is -0.336 e. The summed E-state index contributed by atoms with van der Waals surface area (Å²) in [5.74, 6) is -0.639. The van der Waals surface area contributed by atoms with Gasteiger partial charge in [0.05, 0.1) is 23.9 Å². The number of benzene rings is 1. The van der Waals surface area contributed by atoms with Crippen molar-refractivity contribution in [2.45, 2.75) is 5.54 Å². The third-order valence-corrected chi connectivity index (χ3v) is 6.29. The van der Waals surface area contributed by atoms with E-state index in [1.807, 2.05) is 29.8 Å². The fraction of sp³-hybridized carbons (Fsp3) is 0.120. The highest BCUT2D eigenvalue weighted by molar-refractivity contribution is 6.30. The lowest BCUT2D eigenvalue weighted by Gasteiger charge is -2.31. The van der Waals surface area contributed by atoms with Gasteiger partial charge in [-0.25, -0.2) is 15.0 Å². The molecule has 2 N–H and O–H groups in total. The van der Waals surface area contributed by atoms with Gasteiger partial charge in [-0.3, -0.25) is 9.36 Å². The lowest BCUT2D eigenvalue weighted by atomic mass is 9.81. The van der Waals surface area contributed by atoms with E-state index in [0.29, 0.717) is 32.9 Å². The van der Waals surface area contributed by atoms with Gasteiger partial charge in [0.1, 0.15) is 11.2 Å². The summed E-state index contributed by atoms with van der Waals surface area (Å²) in [6.45, 7) is 0. The van der Waals surface area contributed by atoms with E-state index in [1.165, 1.54) is 16.7 Å². The topological polar surface area (TPSA) is 91.6 Å². The maximum Gasteiger partial charge on any atom is 0.252 e. The molecule has 0 spiro atoms. The number of nitrogens with two attached hydrogens (primary N) is 1. The third kappa shape index (κ3) is 3.48. The molecule has 5 rings (SSSR count). The lowest BCUT2D eigenvalue weighted by Crippen LogP contribution is -2.41. The average Bonchev–Trinajstić information content (AvgIpc) is 3.27. The highest BCUT2D eigenvalue weighted by Crippen LogP contribution is 2.36. The van der Waals surface area contributed by atoms with Crippen LogP contribution in [0.3, 0.4) is 0 Å². The molecule has 0 bridgehead atoms. The van der Waals surface area contributed by atoms with Crippen molar-refractivity contribution in [2.75, 3.05) is 0 Å². The number of pyridine rings is 3. The number of imidazole rings is 1. The van der Waals surface area contributed by atoms with Gasteiger partial charge in [-0.1, -0.05) is 29.8 Å². The van der Waals surface area contributed by atoms with E-state index >= 15 is 0 Å². The van der Waals surface area contributed by atoms with E-state index in [1.54, 1.807) is 50.0 Å². The molecule has 0 saturated heterocycles. The van der Waals surface area contributed by atoms with Crippen LogP contribution >= 0.6 is 11.6 Å². The second kappa shape index (κ2) is 8.16. The van der Waals surface area contributed by atoms with Gasteiger partial charge in [0, 0.05) is 47.9 Å². The van der Waals surface area contributed by atoms with E-state index in [9.17, 15) is 9.18 Å². The number of fused-ring (bicyclic) bond motifs is 1. The number of halogens is 2. The van der Waals surface area contributed by atoms with E-state index in [4.69, 9.17) is 17.3 Å². The van der Waals surface area contributed by atoms with Gasteiger partial charge in [0.25, 0.3) is 5.56 Å². The number of hydrogen-bond donors (Lipinski definition) is 1. The summed E-state index contributed by atoms with van der Waals surface area (Å²) in [5.41, 5.74) is 9.11. The number of hydrogen-bond acceptors (Lipinski definition) is 5. The Morgan fingerprint density at radius 1 is 1.03 bits per heavy atom. The number of aromatic nitrogens is 5. The van der Waals surface area contributed by atoms with Gasteiger partial charge in [0.15, 0.2) is 0 Å². The molecule has 1 aromatic carbocycles. The monoisotopic (exact) mass is 474 g/mol. The van der Waals surface area contributed by atoms with Crippen molar-refractivity contribution < 1.29 is 4.39 Å². The second-order valence-corrected chi connectivity index (χ2v) is 8.54. The van der Waals surface area contributed by atoms with Crippen LogP contribution in [0.15, 0.2) is 78.1 Å². The molecule has 5 aromatic rings. The molecule has 0 aliphatic carbocycles. The molecule has 0 unspecified atom stereocenters. The van der Waals surface area contributed by atoms with Crippen LogP contribution < -0.4 is 11.3 Å². The maximum absolute atomic E-state index is 13.9. The Morgan fingerprint density at radius 3 is 2.47 bits per heavy atom. The normalized spacial score (nSPS) is 13.2. The Labute approximate surface area is 199 Å². The van der Waals surface area contributed by atoms with Crippen LogP contribution in [0.5, 0.6) is 0 Å². The summed E-state index contributed by atoms with van der Waals surface area (Å²) in [6, 6.07) is 15.0. The molecule has 0 fully saturated rings. The van der Waals surface area contributed by atoms with Gasteiger partial charge in [-0.15, -0.1) is 0 Å². The van der Waals surface area contributed by atoms with E-state index < -0.39 is 11.5 Å². The van der Waals surface area contributed by atoms with Crippen molar-refractivity contribution in [3.8, 4) is 11.3 Å². The predicted molar refractivity (Wildman–Crippen MR) is 129 cm³/mol. The minimum absolute atomic E-state index is 0.280. The SMILES string of the molecule is Cn1cncc1[C@@](N)(c1ccc(Cl)cc1)c1cnc2c(c1)c(-c1cccc(F)n1)cc(=O)n2C. The summed E-state index contributed by atoms with van der Waals surface area (Å²) < 4.78 is 17.2. The zero-order chi connectivity index (χ0) is 24.0. The van der Waals surface area contributed by atoms with Crippen molar-refractivity contribution >= 4 is 22.6 Å². The Morgan fingerprint density at radius 2 is 1.79 bits per heavy atom. The summed E-state index contributed by atoms with van der Waals surface area (Å²) >= 11 is 6.14. The third-order valence-electron chi connectivity index (χ3n) is 6.04. The molecule has 0 amide bonds. The summed E-state index contributed by atoms with van der Waals surface area (Å²) in [5, 5.41) is 1.20. The minimum atomic E-state index is -1.14. The van der Waals surface area contributed by atoms with Crippen LogP contribution in [0.2, 0.25) is 5.02 Å². The smallest absolute Gasteiger partial charge is 0.252 e. The van der Waals surface area contributed by atoms with Crippen molar-refractivity contribution in [2.24, 2.45) is 19.8 Å². The fourth-order valence-corrected chi connectivity index (χ4v) is 4.35. The Kier molecular flexibility index (Phi) is 5.27. The average molecular weight is 475 g/mol. The van der Waals surface area contributed by atoms with Gasteiger partial charge in [-0.2, -0.15) is 4.39 Å². The predicted octanol–water partition coefficient (Wildman–Crippen LogP) is 3.77. The van der Waals surface area contributed by atoms with Crippen LogP contribution in [0.1, 0.15) is 16.8 Å². The first-order chi connectivity index (χ1) is 16.3. The largest absolute Gasteiger partial charge is 0.336 e. The molecule has 34 heavy (non-hydrogen) atoms. The van der Waals surface area contributed by atoms with Crippen LogP contribution in [-0.4, -0.2) is 24.1 Å².